The second-order valence-electron chi connectivity index (χ2n) is 4.72. The van der Waals surface area contributed by atoms with Gasteiger partial charge in [-0.05, 0) is 25.5 Å². The van der Waals surface area contributed by atoms with Crippen LogP contribution in [0.4, 0.5) is 5.69 Å². The van der Waals surface area contributed by atoms with Crippen LogP contribution in [0.5, 0.6) is 0 Å². The van der Waals surface area contributed by atoms with Crippen molar-refractivity contribution in [1.82, 2.24) is 15.3 Å². The van der Waals surface area contributed by atoms with Crippen molar-refractivity contribution in [3.63, 3.8) is 0 Å². The van der Waals surface area contributed by atoms with E-state index in [1.165, 1.54) is 25.0 Å². The second kappa shape index (κ2) is 7.02. The summed E-state index contributed by atoms with van der Waals surface area (Å²) in [6.07, 6.45) is 4.06. The molecule has 1 unspecified atom stereocenters. The highest BCUT2D eigenvalue weighted by molar-refractivity contribution is 7.99. The predicted octanol–water partition coefficient (Wildman–Crippen LogP) is 2.80. The summed E-state index contributed by atoms with van der Waals surface area (Å²) in [6, 6.07) is 4.58. The van der Waals surface area contributed by atoms with Gasteiger partial charge in [-0.15, -0.1) is 24.2 Å². The molecular formula is C13H15ClN4O2S. The molecule has 1 aliphatic rings. The van der Waals surface area contributed by atoms with Crippen LogP contribution in [-0.4, -0.2) is 33.2 Å². The largest absolute Gasteiger partial charge is 0.316 e. The average molecular weight is 327 g/mol. The molecule has 0 bridgehead atoms. The van der Waals surface area contributed by atoms with Crippen LogP contribution in [0.3, 0.4) is 0 Å². The van der Waals surface area contributed by atoms with Crippen molar-refractivity contribution in [1.29, 1.82) is 0 Å². The van der Waals surface area contributed by atoms with Crippen molar-refractivity contribution < 1.29 is 4.92 Å². The van der Waals surface area contributed by atoms with Gasteiger partial charge in [-0.3, -0.25) is 15.1 Å². The summed E-state index contributed by atoms with van der Waals surface area (Å²) < 4.78 is 0. The number of fused-ring (bicyclic) bond motifs is 1. The molecule has 0 spiro atoms. The van der Waals surface area contributed by atoms with Crippen LogP contribution in [0, 0.1) is 10.1 Å². The third-order valence-electron chi connectivity index (χ3n) is 3.25. The maximum atomic E-state index is 10.7. The Balaban J connectivity index is 0.00000161. The summed E-state index contributed by atoms with van der Waals surface area (Å²) in [5, 5.41) is 15.5. The van der Waals surface area contributed by atoms with Crippen LogP contribution >= 0.6 is 24.2 Å². The molecule has 1 aromatic heterocycles. The van der Waals surface area contributed by atoms with E-state index >= 15 is 0 Å². The van der Waals surface area contributed by atoms with E-state index in [4.69, 9.17) is 0 Å². The van der Waals surface area contributed by atoms with E-state index in [9.17, 15) is 10.1 Å². The smallest absolute Gasteiger partial charge is 0.271 e. The van der Waals surface area contributed by atoms with Gasteiger partial charge in [-0.25, -0.2) is 4.98 Å². The van der Waals surface area contributed by atoms with Gasteiger partial charge in [-0.2, -0.15) is 0 Å². The second-order valence-corrected chi connectivity index (χ2v) is 6.05. The Morgan fingerprint density at radius 1 is 1.38 bits per heavy atom. The quantitative estimate of drug-likeness (QED) is 0.690. The van der Waals surface area contributed by atoms with Crippen LogP contribution in [0.15, 0.2) is 29.4 Å². The number of thioether (sulfide) groups is 1. The van der Waals surface area contributed by atoms with Gasteiger partial charge >= 0.3 is 0 Å². The van der Waals surface area contributed by atoms with E-state index in [0.717, 1.165) is 18.1 Å². The third kappa shape index (κ3) is 3.81. The molecular weight excluding hydrogens is 312 g/mol. The number of non-ortho nitro benzene ring substituents is 1. The molecule has 0 aliphatic carbocycles. The first kappa shape index (κ1) is 15.9. The van der Waals surface area contributed by atoms with Gasteiger partial charge in [-0.1, -0.05) is 0 Å². The van der Waals surface area contributed by atoms with Crippen molar-refractivity contribution in [2.45, 2.75) is 23.1 Å². The van der Waals surface area contributed by atoms with E-state index in [0.29, 0.717) is 16.3 Å². The standard InChI is InChI=1S/C13H14N4O2S.ClH/c18-17(19)9-3-4-11-12(6-9)15-8-13(16-11)20-10-2-1-5-14-7-10;/h3-4,6,8,10,14H,1-2,5,7H2;1H. The van der Waals surface area contributed by atoms with Gasteiger partial charge in [0.25, 0.3) is 5.69 Å². The first-order valence-electron chi connectivity index (χ1n) is 6.51. The van der Waals surface area contributed by atoms with Crippen molar-refractivity contribution in [3.8, 4) is 0 Å². The molecule has 2 aromatic rings. The average Bonchev–Trinajstić information content (AvgIpc) is 2.47. The zero-order valence-electron chi connectivity index (χ0n) is 11.2. The van der Waals surface area contributed by atoms with Gasteiger partial charge in [0.15, 0.2) is 0 Å². The van der Waals surface area contributed by atoms with Crippen molar-refractivity contribution in [3.05, 3.63) is 34.5 Å². The Morgan fingerprint density at radius 3 is 2.95 bits per heavy atom. The van der Waals surface area contributed by atoms with Crippen molar-refractivity contribution in [2.24, 2.45) is 0 Å². The number of halogens is 1. The molecule has 0 saturated carbocycles. The number of nitro groups is 1. The van der Waals surface area contributed by atoms with Crippen LogP contribution in [0.25, 0.3) is 11.0 Å². The number of hydrogen-bond donors (Lipinski definition) is 1. The van der Waals surface area contributed by atoms with Crippen LogP contribution < -0.4 is 5.32 Å². The third-order valence-corrected chi connectivity index (χ3v) is 4.43. The Labute approximate surface area is 132 Å². The lowest BCUT2D eigenvalue weighted by molar-refractivity contribution is -0.384. The minimum atomic E-state index is -0.419. The summed E-state index contributed by atoms with van der Waals surface area (Å²) in [5.74, 6) is 0. The van der Waals surface area contributed by atoms with Gasteiger partial charge in [0.1, 0.15) is 5.03 Å². The fourth-order valence-corrected chi connectivity index (χ4v) is 3.34. The fourth-order valence-electron chi connectivity index (χ4n) is 2.24. The van der Waals surface area contributed by atoms with E-state index in [1.54, 1.807) is 24.0 Å². The monoisotopic (exact) mass is 326 g/mol. The molecule has 3 rings (SSSR count). The van der Waals surface area contributed by atoms with E-state index < -0.39 is 4.92 Å². The molecule has 8 heteroatoms. The summed E-state index contributed by atoms with van der Waals surface area (Å²) in [6.45, 7) is 2.08. The number of benzene rings is 1. The van der Waals surface area contributed by atoms with E-state index in [1.807, 2.05) is 0 Å². The van der Waals surface area contributed by atoms with E-state index in [-0.39, 0.29) is 18.1 Å². The highest BCUT2D eigenvalue weighted by atomic mass is 35.5. The lowest BCUT2D eigenvalue weighted by Gasteiger charge is -2.21. The van der Waals surface area contributed by atoms with E-state index in [2.05, 4.69) is 15.3 Å². The van der Waals surface area contributed by atoms with Gasteiger partial charge in [0, 0.05) is 23.9 Å². The molecule has 0 amide bonds. The SMILES string of the molecule is Cl.O=[N+]([O-])c1ccc2nc(SC3CCCNC3)cnc2c1. The zero-order valence-corrected chi connectivity index (χ0v) is 12.8. The summed E-state index contributed by atoms with van der Waals surface area (Å²) in [4.78, 5) is 19.1. The highest BCUT2D eigenvalue weighted by Gasteiger charge is 2.15. The summed E-state index contributed by atoms with van der Waals surface area (Å²) >= 11 is 1.72. The molecule has 1 aromatic carbocycles. The number of nitro benzene ring substituents is 1. The fraction of sp³-hybridized carbons (Fsp3) is 0.385. The summed E-state index contributed by atoms with van der Waals surface area (Å²) in [5.41, 5.74) is 1.30. The van der Waals surface area contributed by atoms with Gasteiger partial charge in [0.05, 0.1) is 22.2 Å². The number of nitrogens with one attached hydrogen (secondary N) is 1. The minimum absolute atomic E-state index is 0. The number of piperidine rings is 1. The Kier molecular flexibility index (Phi) is 5.33. The molecule has 21 heavy (non-hydrogen) atoms. The molecule has 1 aliphatic heterocycles. The number of nitrogens with zero attached hydrogens (tertiary/aromatic N) is 3. The van der Waals surface area contributed by atoms with Gasteiger partial charge in [0.2, 0.25) is 0 Å². The zero-order chi connectivity index (χ0) is 13.9. The number of rotatable bonds is 3. The van der Waals surface area contributed by atoms with Crippen LogP contribution in [0.2, 0.25) is 0 Å². The lowest BCUT2D eigenvalue weighted by atomic mass is 10.2. The minimum Gasteiger partial charge on any atom is -0.316 e. The number of hydrogen-bond acceptors (Lipinski definition) is 6. The normalized spacial score (nSPS) is 18.2. The molecule has 1 atom stereocenters. The van der Waals surface area contributed by atoms with Gasteiger partial charge < -0.3 is 5.32 Å². The number of aromatic nitrogens is 2. The maximum absolute atomic E-state index is 10.7. The Morgan fingerprint density at radius 2 is 2.24 bits per heavy atom. The van der Waals surface area contributed by atoms with Crippen LogP contribution in [-0.2, 0) is 0 Å². The molecule has 1 fully saturated rings. The first-order chi connectivity index (χ1) is 9.72. The molecule has 1 saturated heterocycles. The molecule has 6 nitrogen and oxygen atoms in total. The van der Waals surface area contributed by atoms with Crippen LogP contribution in [0.1, 0.15) is 12.8 Å². The first-order valence-corrected chi connectivity index (χ1v) is 7.39. The predicted molar refractivity (Wildman–Crippen MR) is 85.2 cm³/mol. The molecule has 112 valence electrons. The molecule has 2 heterocycles. The van der Waals surface area contributed by atoms with Crippen molar-refractivity contribution >= 4 is 40.9 Å². The Hall–Kier alpha value is -1.44. The maximum Gasteiger partial charge on any atom is 0.271 e. The highest BCUT2D eigenvalue weighted by Crippen LogP contribution is 2.27. The van der Waals surface area contributed by atoms with Crippen molar-refractivity contribution in [2.75, 3.05) is 13.1 Å². The molecule has 0 radical (unpaired) electrons. The lowest BCUT2D eigenvalue weighted by Crippen LogP contribution is -2.31. The summed E-state index contributed by atoms with van der Waals surface area (Å²) in [7, 11) is 0. The Bertz CT molecular complexity index is 649. The molecule has 1 N–H and O–H groups in total. The topological polar surface area (TPSA) is 81.0 Å².